The minimum Gasteiger partial charge on any atom is -0.467 e. The van der Waals surface area contributed by atoms with Crippen LogP contribution in [0, 0.1) is 0 Å². The molecule has 1 heterocycles. The highest BCUT2D eigenvalue weighted by Crippen LogP contribution is 2.09. The van der Waals surface area contributed by atoms with Crippen LogP contribution in [-0.4, -0.2) is 47.9 Å². The molecule has 0 fully saturated rings. The molecular formula is C23H33N3O3. The number of rotatable bonds is 12. The average Bonchev–Trinajstić information content (AvgIpc) is 3.24. The molecule has 0 radical (unpaired) electrons. The number of nitrogens with one attached hydrogen (secondary N) is 1. The van der Waals surface area contributed by atoms with Gasteiger partial charge in [-0.15, -0.1) is 0 Å². The van der Waals surface area contributed by atoms with Crippen LogP contribution in [-0.2, 0) is 17.8 Å². The van der Waals surface area contributed by atoms with Crippen LogP contribution >= 0.6 is 0 Å². The highest BCUT2D eigenvalue weighted by atomic mass is 16.3. The van der Waals surface area contributed by atoms with Crippen LogP contribution in [0.25, 0.3) is 0 Å². The fourth-order valence-electron chi connectivity index (χ4n) is 3.06. The van der Waals surface area contributed by atoms with E-state index in [1.807, 2.05) is 37.3 Å². The zero-order valence-corrected chi connectivity index (χ0v) is 17.6. The monoisotopic (exact) mass is 399 g/mol. The second-order valence-electron chi connectivity index (χ2n) is 7.14. The normalized spacial score (nSPS) is 10.6. The number of nitrogens with zero attached hydrogens (tertiary/aromatic N) is 2. The molecule has 0 saturated carbocycles. The molecule has 0 aliphatic rings. The van der Waals surface area contributed by atoms with Crippen molar-refractivity contribution in [2.45, 2.75) is 46.1 Å². The Hall–Kier alpha value is -2.76. The molecule has 1 aromatic heterocycles. The molecule has 2 rings (SSSR count). The third-order valence-electron chi connectivity index (χ3n) is 4.71. The lowest BCUT2D eigenvalue weighted by molar-refractivity contribution is -0.132. The molecule has 0 unspecified atom stereocenters. The van der Waals surface area contributed by atoms with Crippen molar-refractivity contribution in [1.29, 1.82) is 0 Å². The number of furan rings is 1. The fourth-order valence-corrected chi connectivity index (χ4v) is 3.06. The second kappa shape index (κ2) is 12.6. The Bertz CT molecular complexity index is 716. The average molecular weight is 400 g/mol. The van der Waals surface area contributed by atoms with E-state index in [0.717, 1.165) is 31.4 Å². The molecule has 3 amide bonds. The Labute approximate surface area is 173 Å². The van der Waals surface area contributed by atoms with Crippen LogP contribution in [0.4, 0.5) is 4.79 Å². The van der Waals surface area contributed by atoms with Gasteiger partial charge in [-0.1, -0.05) is 50.6 Å². The third-order valence-corrected chi connectivity index (χ3v) is 4.71. The summed E-state index contributed by atoms with van der Waals surface area (Å²) in [6.07, 6.45) is 5.12. The first-order valence-corrected chi connectivity index (χ1v) is 10.5. The Morgan fingerprint density at radius 1 is 0.966 bits per heavy atom. The summed E-state index contributed by atoms with van der Waals surface area (Å²) in [7, 11) is 0. The molecule has 0 atom stereocenters. The second-order valence-corrected chi connectivity index (χ2v) is 7.14. The zero-order chi connectivity index (χ0) is 20.9. The van der Waals surface area contributed by atoms with Crippen LogP contribution in [0.5, 0.6) is 0 Å². The first kappa shape index (κ1) is 22.5. The van der Waals surface area contributed by atoms with Crippen LogP contribution < -0.4 is 5.32 Å². The summed E-state index contributed by atoms with van der Waals surface area (Å²) < 4.78 is 5.44. The topological polar surface area (TPSA) is 65.8 Å². The first-order chi connectivity index (χ1) is 14.1. The molecule has 1 aromatic carbocycles. The van der Waals surface area contributed by atoms with Crippen molar-refractivity contribution in [2.24, 2.45) is 0 Å². The Morgan fingerprint density at radius 3 is 2.41 bits per heavy atom. The largest absolute Gasteiger partial charge is 0.467 e. The lowest BCUT2D eigenvalue weighted by atomic mass is 10.1. The van der Waals surface area contributed by atoms with Crippen molar-refractivity contribution in [3.63, 3.8) is 0 Å². The van der Waals surface area contributed by atoms with E-state index in [0.29, 0.717) is 26.2 Å². The van der Waals surface area contributed by atoms with E-state index in [2.05, 4.69) is 24.4 Å². The third kappa shape index (κ3) is 8.02. The van der Waals surface area contributed by atoms with Crippen LogP contribution in [0.1, 0.15) is 44.4 Å². The van der Waals surface area contributed by atoms with Crippen LogP contribution in [0.15, 0.2) is 53.1 Å². The predicted molar refractivity (Wildman–Crippen MR) is 114 cm³/mol. The van der Waals surface area contributed by atoms with Gasteiger partial charge < -0.3 is 19.5 Å². The number of urea groups is 1. The Balaban J connectivity index is 2.01. The van der Waals surface area contributed by atoms with Gasteiger partial charge in [0.25, 0.3) is 0 Å². The number of hydrogen-bond acceptors (Lipinski definition) is 3. The van der Waals surface area contributed by atoms with E-state index in [9.17, 15) is 9.59 Å². The Morgan fingerprint density at radius 2 is 1.76 bits per heavy atom. The molecular weight excluding hydrogens is 366 g/mol. The fraction of sp³-hybridized carbons (Fsp3) is 0.478. The molecule has 158 valence electrons. The highest BCUT2D eigenvalue weighted by molar-refractivity contribution is 5.84. The molecule has 0 aliphatic carbocycles. The van der Waals surface area contributed by atoms with E-state index in [1.54, 1.807) is 16.1 Å². The minimum atomic E-state index is -0.172. The van der Waals surface area contributed by atoms with Gasteiger partial charge in [0.2, 0.25) is 5.91 Å². The van der Waals surface area contributed by atoms with E-state index in [-0.39, 0.29) is 18.5 Å². The van der Waals surface area contributed by atoms with Gasteiger partial charge in [-0.25, -0.2) is 4.79 Å². The molecule has 29 heavy (non-hydrogen) atoms. The number of carbonyl (C=O) groups excluding carboxylic acids is 2. The van der Waals surface area contributed by atoms with E-state index < -0.39 is 0 Å². The summed E-state index contributed by atoms with van der Waals surface area (Å²) in [5.41, 5.74) is 1.17. The maximum atomic E-state index is 13.1. The Kier molecular flexibility index (Phi) is 9.83. The van der Waals surface area contributed by atoms with Gasteiger partial charge in [-0.2, -0.15) is 0 Å². The predicted octanol–water partition coefficient (Wildman–Crippen LogP) is 4.07. The van der Waals surface area contributed by atoms with Gasteiger partial charge in [-0.05, 0) is 37.0 Å². The van der Waals surface area contributed by atoms with Crippen LogP contribution in [0.2, 0.25) is 0 Å². The summed E-state index contributed by atoms with van der Waals surface area (Å²) >= 11 is 0. The summed E-state index contributed by atoms with van der Waals surface area (Å²) in [5, 5.41) is 2.91. The van der Waals surface area contributed by atoms with Crippen LogP contribution in [0.3, 0.4) is 0 Å². The van der Waals surface area contributed by atoms with Crippen molar-refractivity contribution in [3.8, 4) is 0 Å². The SMILES string of the molecule is CCCCNC(=O)N(CCC)CC(=O)N(CCc1ccccc1)Cc1ccco1. The smallest absolute Gasteiger partial charge is 0.317 e. The minimum absolute atomic E-state index is 0.0707. The molecule has 2 aromatic rings. The van der Waals surface area contributed by atoms with E-state index in [1.165, 1.54) is 5.56 Å². The standard InChI is InChI=1S/C23H33N3O3/c1-3-5-14-24-23(28)26(15-4-2)19-22(27)25(18-21-12-9-17-29-21)16-13-20-10-7-6-8-11-20/h6-12,17H,3-5,13-16,18-19H2,1-2H3,(H,24,28). The summed E-state index contributed by atoms with van der Waals surface area (Å²) in [5.74, 6) is 0.664. The van der Waals surface area contributed by atoms with E-state index >= 15 is 0 Å². The van der Waals surface area contributed by atoms with Crippen molar-refractivity contribution in [3.05, 3.63) is 60.1 Å². The highest BCUT2D eigenvalue weighted by Gasteiger charge is 2.21. The maximum absolute atomic E-state index is 13.1. The van der Waals surface area contributed by atoms with Crippen molar-refractivity contribution in [1.82, 2.24) is 15.1 Å². The van der Waals surface area contributed by atoms with Gasteiger partial charge in [0, 0.05) is 19.6 Å². The lowest BCUT2D eigenvalue weighted by Gasteiger charge is -2.27. The number of hydrogen-bond donors (Lipinski definition) is 1. The molecule has 0 saturated heterocycles. The quantitative estimate of drug-likeness (QED) is 0.547. The van der Waals surface area contributed by atoms with Gasteiger partial charge in [0.15, 0.2) is 0 Å². The zero-order valence-electron chi connectivity index (χ0n) is 17.6. The molecule has 6 heteroatoms. The molecule has 0 aliphatic heterocycles. The lowest BCUT2D eigenvalue weighted by Crippen LogP contribution is -2.47. The van der Waals surface area contributed by atoms with Gasteiger partial charge in [0.05, 0.1) is 12.8 Å². The van der Waals surface area contributed by atoms with E-state index in [4.69, 9.17) is 4.42 Å². The van der Waals surface area contributed by atoms with Crippen molar-refractivity contribution < 1.29 is 14.0 Å². The number of carbonyl (C=O) groups is 2. The summed E-state index contributed by atoms with van der Waals surface area (Å²) in [6, 6.07) is 13.6. The summed E-state index contributed by atoms with van der Waals surface area (Å²) in [4.78, 5) is 28.9. The van der Waals surface area contributed by atoms with Gasteiger partial charge in [0.1, 0.15) is 12.3 Å². The summed E-state index contributed by atoms with van der Waals surface area (Å²) in [6.45, 7) is 6.31. The molecule has 0 bridgehead atoms. The van der Waals surface area contributed by atoms with Crippen molar-refractivity contribution >= 4 is 11.9 Å². The number of benzene rings is 1. The number of unbranched alkanes of at least 4 members (excludes halogenated alkanes) is 1. The van der Waals surface area contributed by atoms with Crippen molar-refractivity contribution in [2.75, 3.05) is 26.2 Å². The molecule has 6 nitrogen and oxygen atoms in total. The molecule has 0 spiro atoms. The van der Waals surface area contributed by atoms with Gasteiger partial charge >= 0.3 is 6.03 Å². The number of amides is 3. The maximum Gasteiger partial charge on any atom is 0.317 e. The molecule has 1 N–H and O–H groups in total. The van der Waals surface area contributed by atoms with Gasteiger partial charge in [-0.3, -0.25) is 4.79 Å². The first-order valence-electron chi connectivity index (χ1n) is 10.5.